The number of halogens is 1. The van der Waals surface area contributed by atoms with Gasteiger partial charge in [0.1, 0.15) is 0 Å². The number of anilines is 1. The summed E-state index contributed by atoms with van der Waals surface area (Å²) >= 11 is 7.87. The van der Waals surface area contributed by atoms with Crippen LogP contribution in [0.5, 0.6) is 11.5 Å². The molecule has 39 heavy (non-hydrogen) atoms. The van der Waals surface area contributed by atoms with Crippen molar-refractivity contribution in [2.45, 2.75) is 16.9 Å². The van der Waals surface area contributed by atoms with Crippen LogP contribution in [0.3, 0.4) is 0 Å². The zero-order valence-corrected chi connectivity index (χ0v) is 24.1. The molecule has 9 heteroatoms. The molecule has 1 saturated heterocycles. The quantitative estimate of drug-likeness (QED) is 0.376. The Kier molecular flexibility index (Phi) is 7.96. The Labute approximate surface area is 238 Å². The summed E-state index contributed by atoms with van der Waals surface area (Å²) in [5, 5.41) is 0.692. The minimum absolute atomic E-state index is 0.00694. The molecule has 2 amide bonds. The topological polar surface area (TPSA) is 62.3 Å². The van der Waals surface area contributed by atoms with Gasteiger partial charge in [-0.25, -0.2) is 0 Å². The maximum atomic E-state index is 14.4. The van der Waals surface area contributed by atoms with Crippen molar-refractivity contribution in [1.29, 1.82) is 0 Å². The van der Waals surface area contributed by atoms with E-state index in [0.29, 0.717) is 53.8 Å². The Hall–Kier alpha value is -3.36. The van der Waals surface area contributed by atoms with Crippen LogP contribution in [-0.2, 0) is 4.79 Å². The molecule has 7 nitrogen and oxygen atoms in total. The van der Waals surface area contributed by atoms with Gasteiger partial charge in [-0.3, -0.25) is 9.59 Å². The molecule has 0 aliphatic carbocycles. The van der Waals surface area contributed by atoms with Gasteiger partial charge in [0.15, 0.2) is 11.5 Å². The lowest BCUT2D eigenvalue weighted by Crippen LogP contribution is -2.53. The predicted octanol–water partition coefficient (Wildman–Crippen LogP) is 5.34. The van der Waals surface area contributed by atoms with E-state index in [4.69, 9.17) is 21.1 Å². The van der Waals surface area contributed by atoms with Gasteiger partial charge in [0.2, 0.25) is 5.91 Å². The number of hydrogen-bond acceptors (Lipinski definition) is 6. The first-order valence-corrected chi connectivity index (χ1v) is 14.4. The number of fused-ring (bicyclic) bond motifs is 1. The van der Waals surface area contributed by atoms with E-state index in [9.17, 15) is 9.59 Å². The average molecular weight is 566 g/mol. The van der Waals surface area contributed by atoms with Crippen LogP contribution in [0.2, 0.25) is 5.02 Å². The number of amides is 2. The average Bonchev–Trinajstić information content (AvgIpc) is 2.98. The SMILES string of the molecule is COc1cc2c(cc1OC)[C@H](C(=O)N1CCN(c3cccc(Cl)c3)CC1)[C@@H](c1ccc(SC)cc1)N(C)C2=O. The molecule has 0 saturated carbocycles. The predicted molar refractivity (Wildman–Crippen MR) is 156 cm³/mol. The lowest BCUT2D eigenvalue weighted by molar-refractivity contribution is -0.134. The lowest BCUT2D eigenvalue weighted by atomic mass is 9.78. The molecule has 2 atom stereocenters. The number of methoxy groups -OCH3 is 2. The Balaban J connectivity index is 1.53. The molecule has 0 spiro atoms. The number of hydrogen-bond donors (Lipinski definition) is 0. The third-order valence-electron chi connectivity index (χ3n) is 7.66. The minimum Gasteiger partial charge on any atom is -0.493 e. The number of rotatable bonds is 6. The molecule has 0 N–H and O–H groups in total. The fourth-order valence-electron chi connectivity index (χ4n) is 5.59. The minimum atomic E-state index is -0.597. The number of carbonyl (C=O) groups is 2. The van der Waals surface area contributed by atoms with E-state index in [-0.39, 0.29) is 11.8 Å². The van der Waals surface area contributed by atoms with E-state index < -0.39 is 12.0 Å². The van der Waals surface area contributed by atoms with Crippen LogP contribution in [0.1, 0.15) is 33.4 Å². The summed E-state index contributed by atoms with van der Waals surface area (Å²) in [5.41, 5.74) is 3.09. The molecule has 3 aromatic rings. The van der Waals surface area contributed by atoms with E-state index in [2.05, 4.69) is 4.90 Å². The molecular weight excluding hydrogens is 534 g/mol. The molecule has 2 aliphatic heterocycles. The first-order valence-electron chi connectivity index (χ1n) is 12.8. The molecule has 5 rings (SSSR count). The summed E-state index contributed by atoms with van der Waals surface area (Å²) in [5.74, 6) is 0.198. The molecule has 0 unspecified atom stereocenters. The van der Waals surface area contributed by atoms with Crippen LogP contribution in [0.25, 0.3) is 0 Å². The first-order chi connectivity index (χ1) is 18.9. The zero-order chi connectivity index (χ0) is 27.7. The first kappa shape index (κ1) is 27.2. The van der Waals surface area contributed by atoms with Gasteiger partial charge in [-0.15, -0.1) is 11.8 Å². The van der Waals surface area contributed by atoms with Gasteiger partial charge in [0.25, 0.3) is 5.91 Å². The van der Waals surface area contributed by atoms with Gasteiger partial charge in [0, 0.05) is 54.4 Å². The van der Waals surface area contributed by atoms with Crippen LogP contribution in [0.15, 0.2) is 65.6 Å². The summed E-state index contributed by atoms with van der Waals surface area (Å²) in [4.78, 5) is 35.0. The van der Waals surface area contributed by atoms with Gasteiger partial charge in [-0.2, -0.15) is 0 Å². The van der Waals surface area contributed by atoms with Crippen molar-refractivity contribution in [2.75, 3.05) is 58.6 Å². The van der Waals surface area contributed by atoms with Crippen molar-refractivity contribution in [3.05, 3.63) is 82.4 Å². The Morgan fingerprint density at radius 3 is 2.23 bits per heavy atom. The van der Waals surface area contributed by atoms with E-state index in [1.54, 1.807) is 50.1 Å². The summed E-state index contributed by atoms with van der Waals surface area (Å²) in [6.07, 6.45) is 2.02. The van der Waals surface area contributed by atoms with Crippen molar-refractivity contribution in [3.8, 4) is 11.5 Å². The maximum Gasteiger partial charge on any atom is 0.254 e. The number of nitrogens with zero attached hydrogens (tertiary/aromatic N) is 3. The summed E-state index contributed by atoms with van der Waals surface area (Å²) < 4.78 is 11.1. The Morgan fingerprint density at radius 2 is 1.62 bits per heavy atom. The number of benzene rings is 3. The molecule has 204 valence electrons. The van der Waals surface area contributed by atoms with Gasteiger partial charge in [-0.1, -0.05) is 29.8 Å². The highest BCUT2D eigenvalue weighted by atomic mass is 35.5. The maximum absolute atomic E-state index is 14.4. The van der Waals surface area contributed by atoms with Crippen molar-refractivity contribution in [2.24, 2.45) is 0 Å². The highest BCUT2D eigenvalue weighted by Crippen LogP contribution is 2.46. The second-order valence-electron chi connectivity index (χ2n) is 9.70. The number of carbonyl (C=O) groups excluding carboxylic acids is 2. The number of piperazine rings is 1. The molecule has 0 radical (unpaired) electrons. The largest absolute Gasteiger partial charge is 0.493 e. The smallest absolute Gasteiger partial charge is 0.254 e. The molecule has 3 aromatic carbocycles. The van der Waals surface area contributed by atoms with Gasteiger partial charge in [0.05, 0.1) is 26.2 Å². The summed E-state index contributed by atoms with van der Waals surface area (Å²) in [6.45, 7) is 2.53. The molecule has 0 aromatic heterocycles. The summed E-state index contributed by atoms with van der Waals surface area (Å²) in [6, 6.07) is 18.9. The Morgan fingerprint density at radius 1 is 0.949 bits per heavy atom. The van der Waals surface area contributed by atoms with Gasteiger partial charge >= 0.3 is 0 Å². The van der Waals surface area contributed by atoms with Gasteiger partial charge in [-0.05, 0) is 59.8 Å². The van der Waals surface area contributed by atoms with E-state index in [0.717, 1.165) is 16.1 Å². The van der Waals surface area contributed by atoms with Crippen molar-refractivity contribution in [3.63, 3.8) is 0 Å². The zero-order valence-electron chi connectivity index (χ0n) is 22.5. The second-order valence-corrected chi connectivity index (χ2v) is 11.0. The van der Waals surface area contributed by atoms with E-state index >= 15 is 0 Å². The molecule has 1 fully saturated rings. The van der Waals surface area contributed by atoms with Crippen LogP contribution >= 0.6 is 23.4 Å². The van der Waals surface area contributed by atoms with E-state index in [1.165, 1.54) is 0 Å². The normalized spacial score (nSPS) is 19.1. The third kappa shape index (κ3) is 5.15. The highest BCUT2D eigenvalue weighted by molar-refractivity contribution is 7.98. The number of thioether (sulfide) groups is 1. The fourth-order valence-corrected chi connectivity index (χ4v) is 6.18. The van der Waals surface area contributed by atoms with Crippen LogP contribution in [0, 0.1) is 0 Å². The second kappa shape index (κ2) is 11.4. The number of ether oxygens (including phenoxy) is 2. The van der Waals surface area contributed by atoms with Gasteiger partial charge < -0.3 is 24.2 Å². The summed E-state index contributed by atoms with van der Waals surface area (Å²) in [7, 11) is 4.87. The standard InChI is InChI=1S/C30H32ClN3O4S/c1-32-28(19-8-10-22(39-4)11-9-19)27(23-17-25(37-2)26(38-3)18-24(23)29(32)35)30(36)34-14-12-33(13-15-34)21-7-5-6-20(31)16-21/h5-11,16-18,27-28H,12-15H2,1-4H3/t27-,28+/m0/s1. The van der Waals surface area contributed by atoms with E-state index in [1.807, 2.05) is 59.7 Å². The van der Waals surface area contributed by atoms with Crippen molar-refractivity contribution in [1.82, 2.24) is 9.80 Å². The van der Waals surface area contributed by atoms with Crippen molar-refractivity contribution >= 4 is 40.9 Å². The monoisotopic (exact) mass is 565 g/mol. The molecule has 0 bridgehead atoms. The van der Waals surface area contributed by atoms with Crippen LogP contribution < -0.4 is 14.4 Å². The molecule has 2 aliphatic rings. The fraction of sp³-hybridized carbons (Fsp3) is 0.333. The highest BCUT2D eigenvalue weighted by Gasteiger charge is 2.45. The number of likely N-dealkylation sites (N-methyl/N-ethyl adjacent to an activating group) is 1. The third-order valence-corrected chi connectivity index (χ3v) is 8.64. The van der Waals surface area contributed by atoms with Crippen molar-refractivity contribution < 1.29 is 19.1 Å². The Bertz CT molecular complexity index is 1380. The molecular formula is C30H32ClN3O4S. The lowest BCUT2D eigenvalue weighted by Gasteiger charge is -2.43. The molecule has 2 heterocycles. The van der Waals surface area contributed by atoms with Crippen LogP contribution in [-0.4, -0.2) is 75.3 Å². The van der Waals surface area contributed by atoms with Crippen LogP contribution in [0.4, 0.5) is 5.69 Å².